The maximum atomic E-state index is 11.8. The highest BCUT2D eigenvalue weighted by molar-refractivity contribution is 5.77. The fourth-order valence-electron chi connectivity index (χ4n) is 2.08. The SMILES string of the molecule is C[C@@H]1CCN(C(=O)COCc2ccccc2)C1. The lowest BCUT2D eigenvalue weighted by atomic mass is 10.2. The van der Waals surface area contributed by atoms with E-state index in [9.17, 15) is 4.79 Å². The highest BCUT2D eigenvalue weighted by atomic mass is 16.5. The van der Waals surface area contributed by atoms with Crippen LogP contribution in [-0.2, 0) is 16.1 Å². The lowest BCUT2D eigenvalue weighted by molar-refractivity contribution is -0.135. The summed E-state index contributed by atoms with van der Waals surface area (Å²) in [6.07, 6.45) is 1.12. The first-order valence-corrected chi connectivity index (χ1v) is 6.15. The quantitative estimate of drug-likeness (QED) is 0.796. The predicted molar refractivity (Wildman–Crippen MR) is 66.5 cm³/mol. The summed E-state index contributed by atoms with van der Waals surface area (Å²) in [5.41, 5.74) is 1.11. The van der Waals surface area contributed by atoms with E-state index in [0.29, 0.717) is 12.5 Å². The van der Waals surface area contributed by atoms with Crippen LogP contribution >= 0.6 is 0 Å². The Balaban J connectivity index is 1.70. The van der Waals surface area contributed by atoms with Crippen LogP contribution < -0.4 is 0 Å². The molecular formula is C14H19NO2. The van der Waals surface area contributed by atoms with Crippen LogP contribution in [-0.4, -0.2) is 30.5 Å². The number of hydrogen-bond donors (Lipinski definition) is 0. The lowest BCUT2D eigenvalue weighted by Gasteiger charge is -2.15. The van der Waals surface area contributed by atoms with E-state index in [1.165, 1.54) is 0 Å². The molecule has 3 nitrogen and oxygen atoms in total. The number of likely N-dealkylation sites (tertiary alicyclic amines) is 1. The van der Waals surface area contributed by atoms with Gasteiger partial charge >= 0.3 is 0 Å². The lowest BCUT2D eigenvalue weighted by Crippen LogP contribution is -2.31. The molecule has 1 aliphatic rings. The highest BCUT2D eigenvalue weighted by Crippen LogP contribution is 2.15. The minimum Gasteiger partial charge on any atom is -0.367 e. The van der Waals surface area contributed by atoms with Crippen molar-refractivity contribution in [2.75, 3.05) is 19.7 Å². The first kappa shape index (κ1) is 12.1. The largest absolute Gasteiger partial charge is 0.367 e. The van der Waals surface area contributed by atoms with E-state index in [1.54, 1.807) is 0 Å². The molecule has 2 rings (SSSR count). The number of ether oxygens (including phenoxy) is 1. The average Bonchev–Trinajstić information content (AvgIpc) is 2.77. The van der Waals surface area contributed by atoms with Crippen LogP contribution in [0, 0.1) is 5.92 Å². The smallest absolute Gasteiger partial charge is 0.248 e. The van der Waals surface area contributed by atoms with E-state index in [0.717, 1.165) is 25.1 Å². The normalized spacial score (nSPS) is 19.6. The molecule has 1 aliphatic heterocycles. The summed E-state index contributed by atoms with van der Waals surface area (Å²) in [5, 5.41) is 0. The number of carbonyl (C=O) groups is 1. The third kappa shape index (κ3) is 3.56. The van der Waals surface area contributed by atoms with E-state index < -0.39 is 0 Å². The number of hydrogen-bond acceptors (Lipinski definition) is 2. The Hall–Kier alpha value is -1.35. The second-order valence-electron chi connectivity index (χ2n) is 4.71. The summed E-state index contributed by atoms with van der Waals surface area (Å²) in [6.45, 7) is 4.65. The Morgan fingerprint density at radius 2 is 2.18 bits per heavy atom. The van der Waals surface area contributed by atoms with Gasteiger partial charge in [0.15, 0.2) is 0 Å². The Morgan fingerprint density at radius 1 is 1.41 bits per heavy atom. The van der Waals surface area contributed by atoms with Crippen LogP contribution in [0.4, 0.5) is 0 Å². The Morgan fingerprint density at radius 3 is 2.82 bits per heavy atom. The molecule has 0 unspecified atom stereocenters. The van der Waals surface area contributed by atoms with Crippen LogP contribution in [0.3, 0.4) is 0 Å². The monoisotopic (exact) mass is 233 g/mol. The van der Waals surface area contributed by atoms with Gasteiger partial charge in [-0.05, 0) is 17.9 Å². The van der Waals surface area contributed by atoms with E-state index in [4.69, 9.17) is 4.74 Å². The van der Waals surface area contributed by atoms with Crippen LogP contribution in [0.5, 0.6) is 0 Å². The Labute approximate surface area is 102 Å². The van der Waals surface area contributed by atoms with Crippen LogP contribution in [0.25, 0.3) is 0 Å². The van der Waals surface area contributed by atoms with Gasteiger partial charge in [-0.3, -0.25) is 4.79 Å². The fourth-order valence-corrected chi connectivity index (χ4v) is 2.08. The number of rotatable bonds is 4. The molecule has 0 bridgehead atoms. The molecule has 1 saturated heterocycles. The zero-order valence-corrected chi connectivity index (χ0v) is 10.3. The van der Waals surface area contributed by atoms with Crippen LogP contribution in [0.1, 0.15) is 18.9 Å². The topological polar surface area (TPSA) is 29.5 Å². The maximum Gasteiger partial charge on any atom is 0.248 e. The second-order valence-corrected chi connectivity index (χ2v) is 4.71. The molecule has 0 aliphatic carbocycles. The molecule has 1 atom stereocenters. The van der Waals surface area contributed by atoms with Gasteiger partial charge in [0.05, 0.1) is 6.61 Å². The molecule has 1 heterocycles. The predicted octanol–water partition coefficient (Wildman–Crippen LogP) is 2.07. The highest BCUT2D eigenvalue weighted by Gasteiger charge is 2.22. The molecule has 0 aromatic heterocycles. The van der Waals surface area contributed by atoms with Crippen molar-refractivity contribution < 1.29 is 9.53 Å². The molecule has 1 aromatic rings. The van der Waals surface area contributed by atoms with Crippen LogP contribution in [0.15, 0.2) is 30.3 Å². The summed E-state index contributed by atoms with van der Waals surface area (Å²) < 4.78 is 5.44. The molecular weight excluding hydrogens is 214 g/mol. The van der Waals surface area contributed by atoms with Crippen molar-refractivity contribution >= 4 is 5.91 Å². The van der Waals surface area contributed by atoms with Gasteiger partial charge in [0.2, 0.25) is 5.91 Å². The van der Waals surface area contributed by atoms with Crippen molar-refractivity contribution in [1.82, 2.24) is 4.90 Å². The summed E-state index contributed by atoms with van der Waals surface area (Å²) in [6, 6.07) is 9.93. The third-order valence-corrected chi connectivity index (χ3v) is 3.11. The Bertz CT molecular complexity index is 364. The first-order chi connectivity index (χ1) is 8.25. The first-order valence-electron chi connectivity index (χ1n) is 6.15. The van der Waals surface area contributed by atoms with Gasteiger partial charge in [-0.1, -0.05) is 37.3 Å². The van der Waals surface area contributed by atoms with E-state index in [1.807, 2.05) is 35.2 Å². The third-order valence-electron chi connectivity index (χ3n) is 3.11. The molecule has 1 aromatic carbocycles. The van der Waals surface area contributed by atoms with Crippen molar-refractivity contribution in [3.63, 3.8) is 0 Å². The standard InChI is InChI=1S/C14H19NO2/c1-12-7-8-15(9-12)14(16)11-17-10-13-5-3-2-4-6-13/h2-6,12H,7-11H2,1H3/t12-/m1/s1. The van der Waals surface area contributed by atoms with Crippen molar-refractivity contribution in [3.8, 4) is 0 Å². The van der Waals surface area contributed by atoms with Crippen molar-refractivity contribution in [1.29, 1.82) is 0 Å². The average molecular weight is 233 g/mol. The summed E-state index contributed by atoms with van der Waals surface area (Å²) in [5.74, 6) is 0.748. The molecule has 0 N–H and O–H groups in total. The maximum absolute atomic E-state index is 11.8. The Kier molecular flexibility index (Phi) is 4.15. The van der Waals surface area contributed by atoms with Crippen molar-refractivity contribution in [3.05, 3.63) is 35.9 Å². The molecule has 0 saturated carbocycles. The molecule has 1 fully saturated rings. The zero-order chi connectivity index (χ0) is 12.1. The van der Waals surface area contributed by atoms with Crippen molar-refractivity contribution in [2.45, 2.75) is 20.0 Å². The van der Waals surface area contributed by atoms with Crippen molar-refractivity contribution in [2.24, 2.45) is 5.92 Å². The summed E-state index contributed by atoms with van der Waals surface area (Å²) >= 11 is 0. The molecule has 17 heavy (non-hydrogen) atoms. The summed E-state index contributed by atoms with van der Waals surface area (Å²) in [7, 11) is 0. The molecule has 0 spiro atoms. The van der Waals surface area contributed by atoms with Gasteiger partial charge in [0.1, 0.15) is 6.61 Å². The van der Waals surface area contributed by atoms with Gasteiger partial charge in [-0.25, -0.2) is 0 Å². The van der Waals surface area contributed by atoms with E-state index in [-0.39, 0.29) is 12.5 Å². The molecule has 3 heteroatoms. The number of carbonyl (C=O) groups excluding carboxylic acids is 1. The summed E-state index contributed by atoms with van der Waals surface area (Å²) in [4.78, 5) is 13.7. The second kappa shape index (κ2) is 5.82. The number of nitrogens with zero attached hydrogens (tertiary/aromatic N) is 1. The van der Waals surface area contributed by atoms with Gasteiger partial charge in [0, 0.05) is 13.1 Å². The zero-order valence-electron chi connectivity index (χ0n) is 10.3. The van der Waals surface area contributed by atoms with Crippen LogP contribution in [0.2, 0.25) is 0 Å². The molecule has 92 valence electrons. The van der Waals surface area contributed by atoms with Gasteiger partial charge < -0.3 is 9.64 Å². The fraction of sp³-hybridized carbons (Fsp3) is 0.500. The number of amides is 1. The van der Waals surface area contributed by atoms with Gasteiger partial charge in [-0.2, -0.15) is 0 Å². The van der Waals surface area contributed by atoms with E-state index in [2.05, 4.69) is 6.92 Å². The molecule has 0 radical (unpaired) electrons. The van der Waals surface area contributed by atoms with Gasteiger partial charge in [0.25, 0.3) is 0 Å². The minimum absolute atomic E-state index is 0.116. The van der Waals surface area contributed by atoms with Gasteiger partial charge in [-0.15, -0.1) is 0 Å². The number of benzene rings is 1. The van der Waals surface area contributed by atoms with E-state index >= 15 is 0 Å². The minimum atomic E-state index is 0.116. The molecule has 1 amide bonds.